The molecule has 0 fully saturated rings. The smallest absolute Gasteiger partial charge is 0.159 e. The average molecular weight is 250 g/mol. The van der Waals surface area contributed by atoms with Gasteiger partial charge in [0.1, 0.15) is 5.75 Å². The molecule has 3 aromatic rings. The van der Waals surface area contributed by atoms with Gasteiger partial charge in [-0.15, -0.1) is 0 Å². The van der Waals surface area contributed by atoms with Crippen molar-refractivity contribution >= 4 is 10.9 Å². The summed E-state index contributed by atoms with van der Waals surface area (Å²) in [6, 6.07) is 13.9. The highest BCUT2D eigenvalue weighted by Gasteiger charge is 2.03. The van der Waals surface area contributed by atoms with Crippen molar-refractivity contribution in [3.8, 4) is 17.1 Å². The normalized spacial score (nSPS) is 10.6. The van der Waals surface area contributed by atoms with Gasteiger partial charge in [-0.1, -0.05) is 11.6 Å². The molecule has 3 rings (SSSR count). The molecule has 0 unspecified atom stereocenters. The van der Waals surface area contributed by atoms with Gasteiger partial charge in [0.2, 0.25) is 0 Å². The summed E-state index contributed by atoms with van der Waals surface area (Å²) in [5.74, 6) is 1.57. The minimum atomic E-state index is 0.735. The first kappa shape index (κ1) is 11.7. The molecular weight excluding hydrogens is 236 g/mol. The molecule has 0 atom stereocenters. The number of hydrogen-bond donors (Lipinski definition) is 0. The van der Waals surface area contributed by atoms with Gasteiger partial charge in [0.05, 0.1) is 12.6 Å². The Kier molecular flexibility index (Phi) is 2.88. The Labute approximate surface area is 111 Å². The van der Waals surface area contributed by atoms with E-state index in [2.05, 4.69) is 29.0 Å². The number of nitrogens with zero attached hydrogens (tertiary/aromatic N) is 2. The summed E-state index contributed by atoms with van der Waals surface area (Å²) in [6.07, 6.45) is 1.87. The van der Waals surface area contributed by atoms with E-state index >= 15 is 0 Å². The predicted molar refractivity (Wildman–Crippen MR) is 76.3 cm³/mol. The molecule has 0 amide bonds. The van der Waals surface area contributed by atoms with Crippen LogP contribution in [0.4, 0.5) is 0 Å². The minimum absolute atomic E-state index is 0.735. The van der Waals surface area contributed by atoms with Crippen molar-refractivity contribution in [3.63, 3.8) is 0 Å². The molecule has 0 aliphatic heterocycles. The van der Waals surface area contributed by atoms with Crippen molar-refractivity contribution < 1.29 is 4.74 Å². The van der Waals surface area contributed by atoms with Crippen LogP contribution in [0.2, 0.25) is 0 Å². The van der Waals surface area contributed by atoms with Gasteiger partial charge in [0, 0.05) is 17.1 Å². The molecule has 0 N–H and O–H groups in total. The molecule has 0 spiro atoms. The van der Waals surface area contributed by atoms with Crippen LogP contribution in [0.1, 0.15) is 5.56 Å². The predicted octanol–water partition coefficient (Wildman–Crippen LogP) is 3.61. The Balaban J connectivity index is 2.06. The van der Waals surface area contributed by atoms with Crippen molar-refractivity contribution in [2.45, 2.75) is 6.92 Å². The van der Waals surface area contributed by atoms with E-state index in [1.807, 2.05) is 36.5 Å². The lowest BCUT2D eigenvalue weighted by Gasteiger charge is -2.04. The van der Waals surface area contributed by atoms with Crippen LogP contribution in [-0.4, -0.2) is 17.1 Å². The first-order valence-electron chi connectivity index (χ1n) is 6.14. The second-order valence-electron chi connectivity index (χ2n) is 4.48. The number of fused-ring (bicyclic) bond motifs is 1. The highest BCUT2D eigenvalue weighted by molar-refractivity contribution is 5.80. The summed E-state index contributed by atoms with van der Waals surface area (Å²) >= 11 is 0. The van der Waals surface area contributed by atoms with E-state index in [0.717, 1.165) is 28.0 Å². The largest absolute Gasteiger partial charge is 0.497 e. The molecule has 0 saturated heterocycles. The minimum Gasteiger partial charge on any atom is -0.497 e. The zero-order valence-electron chi connectivity index (χ0n) is 10.9. The Morgan fingerprint density at radius 3 is 2.53 bits per heavy atom. The number of methoxy groups -OCH3 is 1. The summed E-state index contributed by atoms with van der Waals surface area (Å²) in [7, 11) is 1.66. The van der Waals surface area contributed by atoms with E-state index in [1.54, 1.807) is 7.11 Å². The molecule has 2 aromatic carbocycles. The van der Waals surface area contributed by atoms with Crippen molar-refractivity contribution in [1.29, 1.82) is 0 Å². The molecule has 0 radical (unpaired) electrons. The van der Waals surface area contributed by atoms with Crippen molar-refractivity contribution in [2.75, 3.05) is 7.11 Å². The topological polar surface area (TPSA) is 35.0 Å². The van der Waals surface area contributed by atoms with Gasteiger partial charge in [-0.3, -0.25) is 0 Å². The van der Waals surface area contributed by atoms with Gasteiger partial charge in [-0.2, -0.15) is 0 Å². The first-order valence-corrected chi connectivity index (χ1v) is 6.14. The summed E-state index contributed by atoms with van der Waals surface area (Å²) in [4.78, 5) is 9.01. The SMILES string of the molecule is COc1ccc(-c2ncc3cc(C)ccc3n2)cc1. The Morgan fingerprint density at radius 1 is 1.00 bits per heavy atom. The van der Waals surface area contributed by atoms with Gasteiger partial charge >= 0.3 is 0 Å². The fraction of sp³-hybridized carbons (Fsp3) is 0.125. The Morgan fingerprint density at radius 2 is 1.79 bits per heavy atom. The molecule has 0 saturated carbocycles. The molecular formula is C16H14N2O. The maximum atomic E-state index is 5.15. The van der Waals surface area contributed by atoms with Gasteiger partial charge in [-0.25, -0.2) is 9.97 Å². The van der Waals surface area contributed by atoms with E-state index in [1.165, 1.54) is 5.56 Å². The van der Waals surface area contributed by atoms with Gasteiger partial charge in [-0.05, 0) is 43.3 Å². The molecule has 1 aromatic heterocycles. The van der Waals surface area contributed by atoms with E-state index < -0.39 is 0 Å². The maximum absolute atomic E-state index is 5.15. The molecule has 1 heterocycles. The third-order valence-corrected chi connectivity index (χ3v) is 3.08. The third kappa shape index (κ3) is 2.27. The number of hydrogen-bond acceptors (Lipinski definition) is 3. The number of benzene rings is 2. The lowest BCUT2D eigenvalue weighted by atomic mass is 10.1. The highest BCUT2D eigenvalue weighted by Crippen LogP contribution is 2.21. The molecule has 3 nitrogen and oxygen atoms in total. The van der Waals surface area contributed by atoms with Gasteiger partial charge in [0.25, 0.3) is 0 Å². The first-order chi connectivity index (χ1) is 9.26. The zero-order chi connectivity index (χ0) is 13.2. The number of ether oxygens (including phenoxy) is 1. The van der Waals surface area contributed by atoms with Crippen LogP contribution < -0.4 is 4.74 Å². The second kappa shape index (κ2) is 4.69. The molecule has 3 heteroatoms. The number of aryl methyl sites for hydroxylation is 1. The fourth-order valence-corrected chi connectivity index (χ4v) is 2.03. The lowest BCUT2D eigenvalue weighted by molar-refractivity contribution is 0.415. The average Bonchev–Trinajstić information content (AvgIpc) is 2.47. The molecule has 0 aliphatic carbocycles. The quantitative estimate of drug-likeness (QED) is 0.696. The van der Waals surface area contributed by atoms with E-state index in [0.29, 0.717) is 0 Å². The zero-order valence-corrected chi connectivity index (χ0v) is 10.9. The van der Waals surface area contributed by atoms with Crippen molar-refractivity contribution in [3.05, 3.63) is 54.2 Å². The van der Waals surface area contributed by atoms with Crippen LogP contribution in [-0.2, 0) is 0 Å². The van der Waals surface area contributed by atoms with Gasteiger partial charge < -0.3 is 4.74 Å². The maximum Gasteiger partial charge on any atom is 0.159 e. The van der Waals surface area contributed by atoms with Crippen molar-refractivity contribution in [1.82, 2.24) is 9.97 Å². The summed E-state index contributed by atoms with van der Waals surface area (Å²) in [6.45, 7) is 2.07. The second-order valence-corrected chi connectivity index (χ2v) is 4.48. The van der Waals surface area contributed by atoms with Crippen LogP contribution in [0.5, 0.6) is 5.75 Å². The monoisotopic (exact) mass is 250 g/mol. The van der Waals surface area contributed by atoms with Crippen LogP contribution in [0.3, 0.4) is 0 Å². The summed E-state index contributed by atoms with van der Waals surface area (Å²) in [5, 5.41) is 1.07. The molecule has 0 aliphatic rings. The number of rotatable bonds is 2. The summed E-state index contributed by atoms with van der Waals surface area (Å²) < 4.78 is 5.15. The highest BCUT2D eigenvalue weighted by atomic mass is 16.5. The van der Waals surface area contributed by atoms with Gasteiger partial charge in [0.15, 0.2) is 5.82 Å². The fourth-order valence-electron chi connectivity index (χ4n) is 2.03. The van der Waals surface area contributed by atoms with Crippen molar-refractivity contribution in [2.24, 2.45) is 0 Å². The van der Waals surface area contributed by atoms with E-state index in [9.17, 15) is 0 Å². The molecule has 94 valence electrons. The van der Waals surface area contributed by atoms with Crippen LogP contribution in [0.15, 0.2) is 48.7 Å². The lowest BCUT2D eigenvalue weighted by Crippen LogP contribution is -1.90. The van der Waals surface area contributed by atoms with Crippen LogP contribution in [0.25, 0.3) is 22.3 Å². The molecule has 19 heavy (non-hydrogen) atoms. The van der Waals surface area contributed by atoms with Crippen LogP contribution >= 0.6 is 0 Å². The van der Waals surface area contributed by atoms with E-state index in [4.69, 9.17) is 4.74 Å². The third-order valence-electron chi connectivity index (χ3n) is 3.08. The van der Waals surface area contributed by atoms with E-state index in [-0.39, 0.29) is 0 Å². The molecule has 0 bridgehead atoms. The summed E-state index contributed by atoms with van der Waals surface area (Å²) in [5.41, 5.74) is 3.17. The Bertz CT molecular complexity index is 720. The Hall–Kier alpha value is -2.42. The standard InChI is InChI=1S/C16H14N2O/c1-11-3-8-15-13(9-11)10-17-16(18-15)12-4-6-14(19-2)7-5-12/h3-10H,1-2H3. The number of aromatic nitrogens is 2. The van der Waals surface area contributed by atoms with Crippen LogP contribution in [0, 0.1) is 6.92 Å².